The molecule has 0 amide bonds. The SMILES string of the molecule is CCOc1ccccc1C(C)(O)C(C)OC. The maximum absolute atomic E-state index is 10.5. The Hall–Kier alpha value is -1.06. The van der Waals surface area contributed by atoms with Gasteiger partial charge < -0.3 is 14.6 Å². The van der Waals surface area contributed by atoms with E-state index in [-0.39, 0.29) is 6.10 Å². The molecule has 2 atom stereocenters. The maximum Gasteiger partial charge on any atom is 0.125 e. The smallest absolute Gasteiger partial charge is 0.125 e. The van der Waals surface area contributed by atoms with Gasteiger partial charge in [0, 0.05) is 12.7 Å². The molecule has 0 aliphatic rings. The zero-order valence-electron chi connectivity index (χ0n) is 10.4. The molecular formula is C13H20O3. The Morgan fingerprint density at radius 3 is 2.56 bits per heavy atom. The Balaban J connectivity index is 3.10. The zero-order chi connectivity index (χ0) is 12.2. The van der Waals surface area contributed by atoms with E-state index < -0.39 is 5.60 Å². The topological polar surface area (TPSA) is 38.7 Å². The number of ether oxygens (including phenoxy) is 2. The van der Waals surface area contributed by atoms with E-state index in [1.54, 1.807) is 14.0 Å². The van der Waals surface area contributed by atoms with Crippen molar-refractivity contribution in [3.8, 4) is 5.75 Å². The van der Waals surface area contributed by atoms with E-state index >= 15 is 0 Å². The largest absolute Gasteiger partial charge is 0.493 e. The number of benzene rings is 1. The van der Waals surface area contributed by atoms with Gasteiger partial charge in [0.1, 0.15) is 11.4 Å². The summed E-state index contributed by atoms with van der Waals surface area (Å²) in [4.78, 5) is 0. The third kappa shape index (κ3) is 2.54. The van der Waals surface area contributed by atoms with Crippen LogP contribution in [0.3, 0.4) is 0 Å². The molecule has 0 aromatic heterocycles. The summed E-state index contributed by atoms with van der Waals surface area (Å²) < 4.78 is 10.7. The lowest BCUT2D eigenvalue weighted by Gasteiger charge is -2.31. The normalized spacial score (nSPS) is 16.6. The number of rotatable bonds is 5. The summed E-state index contributed by atoms with van der Waals surface area (Å²) in [6.45, 7) is 6.07. The standard InChI is InChI=1S/C13H20O3/c1-5-16-12-9-7-6-8-11(12)13(3,14)10(2)15-4/h6-10,14H,5H2,1-4H3. The lowest BCUT2D eigenvalue weighted by molar-refractivity contribution is -0.0783. The molecule has 0 aliphatic carbocycles. The Morgan fingerprint density at radius 2 is 2.00 bits per heavy atom. The predicted molar refractivity (Wildman–Crippen MR) is 63.7 cm³/mol. The predicted octanol–water partition coefficient (Wildman–Crippen LogP) is 2.33. The van der Waals surface area contributed by atoms with Crippen LogP contribution >= 0.6 is 0 Å². The van der Waals surface area contributed by atoms with Crippen LogP contribution < -0.4 is 4.74 Å². The van der Waals surface area contributed by atoms with Gasteiger partial charge in [-0.2, -0.15) is 0 Å². The summed E-state index contributed by atoms with van der Waals surface area (Å²) >= 11 is 0. The molecule has 0 fully saturated rings. The molecule has 0 heterocycles. The molecule has 1 N–H and O–H groups in total. The van der Waals surface area contributed by atoms with E-state index in [1.807, 2.05) is 38.1 Å². The Kier molecular flexibility index (Phi) is 4.33. The number of aliphatic hydroxyl groups is 1. The van der Waals surface area contributed by atoms with E-state index in [0.717, 1.165) is 5.56 Å². The first-order valence-corrected chi connectivity index (χ1v) is 5.51. The van der Waals surface area contributed by atoms with Crippen LogP contribution in [-0.2, 0) is 10.3 Å². The first kappa shape index (κ1) is 13.0. The second kappa shape index (κ2) is 5.32. The number of para-hydroxylation sites is 1. The van der Waals surface area contributed by atoms with Gasteiger partial charge in [-0.3, -0.25) is 0 Å². The van der Waals surface area contributed by atoms with Gasteiger partial charge in [0.15, 0.2) is 0 Å². The van der Waals surface area contributed by atoms with Crippen LogP contribution in [0, 0.1) is 0 Å². The number of hydrogen-bond acceptors (Lipinski definition) is 3. The molecule has 3 nitrogen and oxygen atoms in total. The van der Waals surface area contributed by atoms with Crippen molar-refractivity contribution in [3.63, 3.8) is 0 Å². The molecule has 1 aromatic rings. The lowest BCUT2D eigenvalue weighted by atomic mass is 9.90. The van der Waals surface area contributed by atoms with E-state index in [9.17, 15) is 5.11 Å². The summed E-state index contributed by atoms with van der Waals surface area (Å²) in [5.74, 6) is 0.707. The second-order valence-corrected chi connectivity index (χ2v) is 3.95. The average Bonchev–Trinajstić information content (AvgIpc) is 2.29. The van der Waals surface area contributed by atoms with Gasteiger partial charge in [-0.15, -0.1) is 0 Å². The molecule has 1 aromatic carbocycles. The molecule has 2 unspecified atom stereocenters. The highest BCUT2D eigenvalue weighted by molar-refractivity contribution is 5.38. The van der Waals surface area contributed by atoms with E-state index in [1.165, 1.54) is 0 Å². The summed E-state index contributed by atoms with van der Waals surface area (Å²) in [5, 5.41) is 10.5. The van der Waals surface area contributed by atoms with Gasteiger partial charge in [0.2, 0.25) is 0 Å². The van der Waals surface area contributed by atoms with Crippen LogP contribution in [0.5, 0.6) is 5.75 Å². The minimum Gasteiger partial charge on any atom is -0.493 e. The van der Waals surface area contributed by atoms with Gasteiger partial charge in [0.25, 0.3) is 0 Å². The highest BCUT2D eigenvalue weighted by Crippen LogP contribution is 2.33. The van der Waals surface area contributed by atoms with Gasteiger partial charge in [-0.25, -0.2) is 0 Å². The second-order valence-electron chi connectivity index (χ2n) is 3.95. The molecule has 0 aliphatic heterocycles. The molecule has 0 bridgehead atoms. The van der Waals surface area contributed by atoms with Crippen molar-refractivity contribution in [2.24, 2.45) is 0 Å². The first-order chi connectivity index (χ1) is 7.54. The van der Waals surface area contributed by atoms with Gasteiger partial charge in [0.05, 0.1) is 12.7 Å². The average molecular weight is 224 g/mol. The Labute approximate surface area is 97.0 Å². The summed E-state index contributed by atoms with van der Waals surface area (Å²) in [5.41, 5.74) is -0.299. The third-order valence-corrected chi connectivity index (χ3v) is 2.88. The van der Waals surface area contributed by atoms with Crippen LogP contribution in [0.2, 0.25) is 0 Å². The molecule has 1 rings (SSSR count). The highest BCUT2D eigenvalue weighted by Gasteiger charge is 2.33. The van der Waals surface area contributed by atoms with Crippen molar-refractivity contribution in [1.82, 2.24) is 0 Å². The van der Waals surface area contributed by atoms with Gasteiger partial charge in [-0.1, -0.05) is 18.2 Å². The Morgan fingerprint density at radius 1 is 1.38 bits per heavy atom. The van der Waals surface area contributed by atoms with Crippen molar-refractivity contribution in [1.29, 1.82) is 0 Å². The molecule has 0 saturated carbocycles. The van der Waals surface area contributed by atoms with Crippen LogP contribution in [0.4, 0.5) is 0 Å². The van der Waals surface area contributed by atoms with E-state index in [2.05, 4.69) is 0 Å². The summed E-state index contributed by atoms with van der Waals surface area (Å²) in [7, 11) is 1.59. The molecule has 90 valence electrons. The van der Waals surface area contributed by atoms with Crippen molar-refractivity contribution in [2.75, 3.05) is 13.7 Å². The molecule has 16 heavy (non-hydrogen) atoms. The minimum absolute atomic E-state index is 0.297. The maximum atomic E-state index is 10.5. The molecule has 0 spiro atoms. The molecule has 0 radical (unpaired) electrons. The van der Waals surface area contributed by atoms with E-state index in [0.29, 0.717) is 12.4 Å². The molecule has 0 saturated heterocycles. The third-order valence-electron chi connectivity index (χ3n) is 2.88. The zero-order valence-corrected chi connectivity index (χ0v) is 10.4. The van der Waals surface area contributed by atoms with Crippen LogP contribution in [-0.4, -0.2) is 24.9 Å². The van der Waals surface area contributed by atoms with Gasteiger partial charge in [-0.05, 0) is 26.8 Å². The number of hydrogen-bond donors (Lipinski definition) is 1. The summed E-state index contributed by atoms with van der Waals surface area (Å²) in [6, 6.07) is 7.49. The fourth-order valence-electron chi connectivity index (χ4n) is 1.61. The number of methoxy groups -OCH3 is 1. The van der Waals surface area contributed by atoms with Crippen LogP contribution in [0.15, 0.2) is 24.3 Å². The highest BCUT2D eigenvalue weighted by atomic mass is 16.5. The summed E-state index contributed by atoms with van der Waals surface area (Å²) in [6.07, 6.45) is -0.297. The minimum atomic E-state index is -1.06. The molecule has 3 heteroatoms. The van der Waals surface area contributed by atoms with Gasteiger partial charge >= 0.3 is 0 Å². The fourth-order valence-corrected chi connectivity index (χ4v) is 1.61. The van der Waals surface area contributed by atoms with Crippen molar-refractivity contribution in [3.05, 3.63) is 29.8 Å². The van der Waals surface area contributed by atoms with Crippen molar-refractivity contribution in [2.45, 2.75) is 32.5 Å². The lowest BCUT2D eigenvalue weighted by Crippen LogP contribution is -2.36. The van der Waals surface area contributed by atoms with E-state index in [4.69, 9.17) is 9.47 Å². The fraction of sp³-hybridized carbons (Fsp3) is 0.538. The first-order valence-electron chi connectivity index (χ1n) is 5.51. The van der Waals surface area contributed by atoms with Crippen molar-refractivity contribution < 1.29 is 14.6 Å². The Bertz CT molecular complexity index is 334. The quantitative estimate of drug-likeness (QED) is 0.834. The molecular weight excluding hydrogens is 204 g/mol. The van der Waals surface area contributed by atoms with Crippen LogP contribution in [0.1, 0.15) is 26.3 Å². The monoisotopic (exact) mass is 224 g/mol. The van der Waals surface area contributed by atoms with Crippen molar-refractivity contribution >= 4 is 0 Å². The van der Waals surface area contributed by atoms with Crippen LogP contribution in [0.25, 0.3) is 0 Å².